The Morgan fingerprint density at radius 1 is 1.61 bits per heavy atom. The van der Waals surface area contributed by atoms with Gasteiger partial charge in [0.05, 0.1) is 17.6 Å². The highest BCUT2D eigenvalue weighted by atomic mass is 16.6. The number of nitro benzene ring substituents is 1. The number of rotatable bonds is 3. The van der Waals surface area contributed by atoms with Gasteiger partial charge in [0.25, 0.3) is 5.69 Å². The van der Waals surface area contributed by atoms with Crippen molar-refractivity contribution in [3.63, 3.8) is 0 Å². The van der Waals surface area contributed by atoms with E-state index in [9.17, 15) is 10.1 Å². The van der Waals surface area contributed by atoms with E-state index < -0.39 is 0 Å². The number of ether oxygens (including phenoxy) is 1. The molecular weight excluding hydrogens is 234 g/mol. The van der Waals surface area contributed by atoms with Gasteiger partial charge in [0.15, 0.2) is 0 Å². The normalized spacial score (nSPS) is 19.9. The molecule has 0 radical (unpaired) electrons. The molecule has 98 valence electrons. The highest BCUT2D eigenvalue weighted by Gasteiger charge is 2.21. The maximum atomic E-state index is 10.7. The summed E-state index contributed by atoms with van der Waals surface area (Å²) in [4.78, 5) is 12.5. The first kappa shape index (κ1) is 12.8. The second kappa shape index (κ2) is 5.32. The second-order valence-corrected chi connectivity index (χ2v) is 4.40. The van der Waals surface area contributed by atoms with Crippen LogP contribution in [-0.2, 0) is 4.74 Å². The first-order valence-electron chi connectivity index (χ1n) is 5.93. The molecule has 1 fully saturated rings. The van der Waals surface area contributed by atoms with Gasteiger partial charge in [-0.1, -0.05) is 0 Å². The zero-order valence-corrected chi connectivity index (χ0v) is 10.3. The van der Waals surface area contributed by atoms with E-state index in [0.29, 0.717) is 13.2 Å². The van der Waals surface area contributed by atoms with Crippen LogP contribution in [-0.4, -0.2) is 37.3 Å². The van der Waals surface area contributed by atoms with Crippen molar-refractivity contribution in [2.45, 2.75) is 13.0 Å². The van der Waals surface area contributed by atoms with Crippen molar-refractivity contribution in [1.29, 1.82) is 0 Å². The monoisotopic (exact) mass is 251 g/mol. The van der Waals surface area contributed by atoms with Crippen LogP contribution in [0.4, 0.5) is 11.4 Å². The third-order valence-electron chi connectivity index (χ3n) is 3.13. The summed E-state index contributed by atoms with van der Waals surface area (Å²) in [6.07, 6.45) is 0.0355. The molecule has 1 aromatic rings. The molecule has 1 heterocycles. The molecule has 1 unspecified atom stereocenters. The molecule has 0 spiro atoms. The minimum absolute atomic E-state index is 0.0355. The number of morpholine rings is 1. The molecule has 0 aliphatic carbocycles. The van der Waals surface area contributed by atoms with Crippen molar-refractivity contribution < 1.29 is 9.66 Å². The molecular formula is C12H17N3O3. The fourth-order valence-corrected chi connectivity index (χ4v) is 2.19. The lowest BCUT2D eigenvalue weighted by Gasteiger charge is -2.34. The zero-order valence-electron chi connectivity index (χ0n) is 10.3. The van der Waals surface area contributed by atoms with Crippen LogP contribution in [0.15, 0.2) is 18.2 Å². The predicted molar refractivity (Wildman–Crippen MR) is 68.8 cm³/mol. The van der Waals surface area contributed by atoms with E-state index in [2.05, 4.69) is 4.90 Å². The number of nitrogens with zero attached hydrogens (tertiary/aromatic N) is 2. The van der Waals surface area contributed by atoms with Crippen molar-refractivity contribution in [2.24, 2.45) is 5.73 Å². The number of non-ortho nitro benzene ring substituents is 1. The molecule has 0 bridgehead atoms. The topological polar surface area (TPSA) is 81.6 Å². The molecule has 6 nitrogen and oxygen atoms in total. The number of nitro groups is 1. The van der Waals surface area contributed by atoms with E-state index in [0.717, 1.165) is 24.3 Å². The molecule has 0 aromatic heterocycles. The maximum Gasteiger partial charge on any atom is 0.269 e. The Bertz CT molecular complexity index is 450. The Kier molecular flexibility index (Phi) is 3.78. The fraction of sp³-hybridized carbons (Fsp3) is 0.500. The fourth-order valence-electron chi connectivity index (χ4n) is 2.19. The van der Waals surface area contributed by atoms with E-state index in [1.54, 1.807) is 12.1 Å². The Labute approximate surface area is 105 Å². The summed E-state index contributed by atoms with van der Waals surface area (Å²) in [7, 11) is 0. The lowest BCUT2D eigenvalue weighted by molar-refractivity contribution is -0.384. The average molecular weight is 251 g/mol. The molecule has 1 aliphatic rings. The quantitative estimate of drug-likeness (QED) is 0.642. The van der Waals surface area contributed by atoms with Gasteiger partial charge < -0.3 is 15.4 Å². The Morgan fingerprint density at radius 2 is 2.39 bits per heavy atom. The number of hydrogen-bond donors (Lipinski definition) is 1. The SMILES string of the molecule is Cc1cc([N+](=O)[O-])ccc1N1CCOC(CN)C1. The van der Waals surface area contributed by atoms with E-state index >= 15 is 0 Å². The first-order chi connectivity index (χ1) is 8.61. The molecule has 1 aromatic carbocycles. The van der Waals surface area contributed by atoms with E-state index in [-0.39, 0.29) is 16.7 Å². The van der Waals surface area contributed by atoms with Crippen LogP contribution in [0.25, 0.3) is 0 Å². The van der Waals surface area contributed by atoms with E-state index in [4.69, 9.17) is 10.5 Å². The maximum absolute atomic E-state index is 10.7. The van der Waals surface area contributed by atoms with Crippen LogP contribution >= 0.6 is 0 Å². The van der Waals surface area contributed by atoms with Gasteiger partial charge in [-0.25, -0.2) is 0 Å². The van der Waals surface area contributed by atoms with Crippen LogP contribution in [0.3, 0.4) is 0 Å². The van der Waals surface area contributed by atoms with Crippen LogP contribution in [0, 0.1) is 17.0 Å². The zero-order chi connectivity index (χ0) is 13.1. The number of hydrogen-bond acceptors (Lipinski definition) is 5. The van der Waals surface area contributed by atoms with Gasteiger partial charge >= 0.3 is 0 Å². The molecule has 18 heavy (non-hydrogen) atoms. The smallest absolute Gasteiger partial charge is 0.269 e. The van der Waals surface area contributed by atoms with Crippen LogP contribution in [0.1, 0.15) is 5.56 Å². The van der Waals surface area contributed by atoms with Gasteiger partial charge in [0, 0.05) is 37.5 Å². The summed E-state index contributed by atoms with van der Waals surface area (Å²) in [5.74, 6) is 0. The summed E-state index contributed by atoms with van der Waals surface area (Å²) in [5, 5.41) is 10.7. The Hall–Kier alpha value is -1.66. The molecule has 0 saturated carbocycles. The van der Waals surface area contributed by atoms with Crippen molar-refractivity contribution in [1.82, 2.24) is 0 Å². The Balaban J connectivity index is 2.20. The standard InChI is InChI=1S/C12H17N3O3/c1-9-6-10(15(16)17)2-3-12(9)14-4-5-18-11(7-13)8-14/h2-3,6,11H,4-5,7-8,13H2,1H3. The van der Waals surface area contributed by atoms with Gasteiger partial charge in [-0.3, -0.25) is 10.1 Å². The minimum atomic E-state index is -0.376. The van der Waals surface area contributed by atoms with Gasteiger partial charge in [-0.15, -0.1) is 0 Å². The van der Waals surface area contributed by atoms with Crippen LogP contribution in [0.5, 0.6) is 0 Å². The summed E-state index contributed by atoms with van der Waals surface area (Å²) >= 11 is 0. The van der Waals surface area contributed by atoms with Crippen LogP contribution < -0.4 is 10.6 Å². The van der Waals surface area contributed by atoms with Crippen molar-refractivity contribution >= 4 is 11.4 Å². The summed E-state index contributed by atoms with van der Waals surface area (Å²) in [6, 6.07) is 4.93. The van der Waals surface area contributed by atoms with Crippen molar-refractivity contribution in [2.75, 3.05) is 31.1 Å². The lowest BCUT2D eigenvalue weighted by atomic mass is 10.1. The summed E-state index contributed by atoms with van der Waals surface area (Å²) < 4.78 is 5.51. The number of benzene rings is 1. The molecule has 1 aliphatic heterocycles. The van der Waals surface area contributed by atoms with Gasteiger partial charge in [-0.05, 0) is 18.6 Å². The summed E-state index contributed by atoms with van der Waals surface area (Å²) in [6.45, 7) is 4.53. The van der Waals surface area contributed by atoms with E-state index in [1.807, 2.05) is 6.92 Å². The molecule has 2 rings (SSSR count). The number of nitrogens with two attached hydrogens (primary N) is 1. The number of anilines is 1. The van der Waals surface area contributed by atoms with Gasteiger partial charge in [0.2, 0.25) is 0 Å². The lowest BCUT2D eigenvalue weighted by Crippen LogP contribution is -2.45. The highest BCUT2D eigenvalue weighted by molar-refractivity contribution is 5.57. The predicted octanol–water partition coefficient (Wildman–Crippen LogP) is 1.07. The summed E-state index contributed by atoms with van der Waals surface area (Å²) in [5.41, 5.74) is 7.65. The molecule has 1 atom stereocenters. The third-order valence-corrected chi connectivity index (χ3v) is 3.13. The van der Waals surface area contributed by atoms with Crippen molar-refractivity contribution in [3.8, 4) is 0 Å². The second-order valence-electron chi connectivity index (χ2n) is 4.40. The largest absolute Gasteiger partial charge is 0.373 e. The first-order valence-corrected chi connectivity index (χ1v) is 5.93. The molecule has 0 amide bonds. The van der Waals surface area contributed by atoms with Crippen molar-refractivity contribution in [3.05, 3.63) is 33.9 Å². The molecule has 2 N–H and O–H groups in total. The molecule has 6 heteroatoms. The van der Waals surface area contributed by atoms with Gasteiger partial charge in [-0.2, -0.15) is 0 Å². The molecule has 1 saturated heterocycles. The number of aryl methyl sites for hydroxylation is 1. The van der Waals surface area contributed by atoms with E-state index in [1.165, 1.54) is 6.07 Å². The average Bonchev–Trinajstić information content (AvgIpc) is 2.38. The Morgan fingerprint density at radius 3 is 3.00 bits per heavy atom. The van der Waals surface area contributed by atoms with Gasteiger partial charge in [0.1, 0.15) is 0 Å². The van der Waals surface area contributed by atoms with Crippen LogP contribution in [0.2, 0.25) is 0 Å². The highest BCUT2D eigenvalue weighted by Crippen LogP contribution is 2.26. The minimum Gasteiger partial charge on any atom is -0.373 e. The third kappa shape index (κ3) is 2.60.